The molecule has 1 N–H and O–H groups in total. The summed E-state index contributed by atoms with van der Waals surface area (Å²) in [5.41, 5.74) is 2.14. The Hall–Kier alpha value is -2.40. The maximum absolute atomic E-state index is 12.7. The van der Waals surface area contributed by atoms with Gasteiger partial charge in [0.05, 0.1) is 5.92 Å². The van der Waals surface area contributed by atoms with Gasteiger partial charge in [-0.05, 0) is 25.1 Å². The minimum absolute atomic E-state index is 0.0758. The molecule has 0 saturated carbocycles. The van der Waals surface area contributed by atoms with Crippen molar-refractivity contribution in [3.05, 3.63) is 59.8 Å². The van der Waals surface area contributed by atoms with E-state index in [-0.39, 0.29) is 11.8 Å². The summed E-state index contributed by atoms with van der Waals surface area (Å²) in [5.74, 6) is 0.959. The molecule has 1 aromatic heterocycles. The van der Waals surface area contributed by atoms with Gasteiger partial charge >= 0.3 is 0 Å². The molecule has 5 nitrogen and oxygen atoms in total. The zero-order valence-electron chi connectivity index (χ0n) is 15.7. The van der Waals surface area contributed by atoms with Gasteiger partial charge in [-0.3, -0.25) is 4.79 Å². The molecule has 2 aromatic rings. The lowest BCUT2D eigenvalue weighted by molar-refractivity contribution is -0.122. The molecule has 1 unspecified atom stereocenters. The second-order valence-electron chi connectivity index (χ2n) is 6.87. The topological polar surface area (TPSA) is 48.5 Å². The van der Waals surface area contributed by atoms with Crippen molar-refractivity contribution < 1.29 is 4.79 Å². The fourth-order valence-corrected chi connectivity index (χ4v) is 3.43. The highest BCUT2D eigenvalue weighted by Gasteiger charge is 2.20. The lowest BCUT2D eigenvalue weighted by atomic mass is 9.95. The molecule has 0 bridgehead atoms. The molecule has 0 radical (unpaired) electrons. The third-order valence-electron chi connectivity index (χ3n) is 5.05. The number of carbonyl (C=O) groups is 1. The van der Waals surface area contributed by atoms with Crippen LogP contribution in [-0.4, -0.2) is 49.0 Å². The van der Waals surface area contributed by atoms with Crippen LogP contribution < -0.4 is 10.2 Å². The summed E-state index contributed by atoms with van der Waals surface area (Å²) in [6.07, 6.45) is 2.62. The molecule has 2 heterocycles. The Labute approximate surface area is 156 Å². The Balaban J connectivity index is 1.67. The number of benzene rings is 1. The van der Waals surface area contributed by atoms with Crippen molar-refractivity contribution in [2.24, 2.45) is 0 Å². The zero-order valence-corrected chi connectivity index (χ0v) is 15.7. The van der Waals surface area contributed by atoms with Gasteiger partial charge in [0.2, 0.25) is 5.91 Å². The summed E-state index contributed by atoms with van der Waals surface area (Å²) in [4.78, 5) is 22.0. The van der Waals surface area contributed by atoms with Crippen molar-refractivity contribution in [2.45, 2.75) is 25.8 Å². The van der Waals surface area contributed by atoms with E-state index >= 15 is 0 Å². The number of piperazine rings is 1. The van der Waals surface area contributed by atoms with Crippen LogP contribution in [0.15, 0.2) is 48.7 Å². The van der Waals surface area contributed by atoms with Gasteiger partial charge in [0.15, 0.2) is 0 Å². The van der Waals surface area contributed by atoms with E-state index in [0.29, 0.717) is 6.54 Å². The second kappa shape index (κ2) is 8.81. The number of rotatable bonds is 6. The van der Waals surface area contributed by atoms with Crippen LogP contribution in [-0.2, 0) is 11.3 Å². The predicted molar refractivity (Wildman–Crippen MR) is 105 cm³/mol. The first-order chi connectivity index (χ1) is 12.7. The first-order valence-electron chi connectivity index (χ1n) is 9.39. The Morgan fingerprint density at radius 3 is 2.54 bits per heavy atom. The van der Waals surface area contributed by atoms with E-state index in [1.54, 1.807) is 0 Å². The fraction of sp³-hybridized carbons (Fsp3) is 0.429. The van der Waals surface area contributed by atoms with Crippen molar-refractivity contribution in [2.75, 3.05) is 38.1 Å². The summed E-state index contributed by atoms with van der Waals surface area (Å²) >= 11 is 0. The normalized spacial score (nSPS) is 16.3. The number of pyridine rings is 1. The van der Waals surface area contributed by atoms with E-state index in [9.17, 15) is 4.79 Å². The first kappa shape index (κ1) is 18.4. The number of carbonyl (C=O) groups excluding carboxylic acids is 1. The van der Waals surface area contributed by atoms with Crippen LogP contribution in [0, 0.1) is 0 Å². The molecule has 26 heavy (non-hydrogen) atoms. The highest BCUT2D eigenvalue weighted by molar-refractivity contribution is 5.83. The maximum Gasteiger partial charge on any atom is 0.227 e. The minimum Gasteiger partial charge on any atom is -0.354 e. The third kappa shape index (κ3) is 4.41. The van der Waals surface area contributed by atoms with Crippen LogP contribution in [0.2, 0.25) is 0 Å². The quantitative estimate of drug-likeness (QED) is 0.868. The summed E-state index contributed by atoms with van der Waals surface area (Å²) in [7, 11) is 2.14. The van der Waals surface area contributed by atoms with Crippen molar-refractivity contribution in [3.63, 3.8) is 0 Å². The Kier molecular flexibility index (Phi) is 6.23. The second-order valence-corrected chi connectivity index (χ2v) is 6.87. The molecule has 0 spiro atoms. The molecule has 1 atom stereocenters. The summed E-state index contributed by atoms with van der Waals surface area (Å²) in [6.45, 7) is 6.57. The number of likely N-dealkylation sites (N-methyl/N-ethyl adjacent to an activating group) is 1. The molecular weight excluding hydrogens is 324 g/mol. The van der Waals surface area contributed by atoms with Crippen molar-refractivity contribution in [1.29, 1.82) is 0 Å². The molecule has 3 rings (SSSR count). The summed E-state index contributed by atoms with van der Waals surface area (Å²) < 4.78 is 0. The van der Waals surface area contributed by atoms with Crippen LogP contribution in [0.25, 0.3) is 0 Å². The molecule has 5 heteroatoms. The van der Waals surface area contributed by atoms with E-state index < -0.39 is 0 Å². The minimum atomic E-state index is -0.111. The standard InChI is InChI=1S/C21H28N4O/c1-3-19(17-8-5-4-6-9-17)21(26)23-16-18-10-7-11-22-20(18)25-14-12-24(2)13-15-25/h4-11,19H,3,12-16H2,1-2H3,(H,23,26). The molecule has 1 fully saturated rings. The first-order valence-corrected chi connectivity index (χ1v) is 9.39. The van der Waals surface area contributed by atoms with Gasteiger partial charge in [-0.2, -0.15) is 0 Å². The molecule has 1 amide bonds. The monoisotopic (exact) mass is 352 g/mol. The number of anilines is 1. The lowest BCUT2D eigenvalue weighted by Crippen LogP contribution is -2.45. The van der Waals surface area contributed by atoms with Crippen LogP contribution in [0.1, 0.15) is 30.4 Å². The lowest BCUT2D eigenvalue weighted by Gasteiger charge is -2.34. The molecule has 1 saturated heterocycles. The molecule has 138 valence electrons. The van der Waals surface area contributed by atoms with Crippen molar-refractivity contribution in [3.8, 4) is 0 Å². The average Bonchev–Trinajstić information content (AvgIpc) is 2.69. The Bertz CT molecular complexity index is 711. The van der Waals surface area contributed by atoms with Crippen LogP contribution in [0.5, 0.6) is 0 Å². The number of hydrogen-bond donors (Lipinski definition) is 1. The Morgan fingerprint density at radius 2 is 1.85 bits per heavy atom. The van der Waals surface area contributed by atoms with E-state index in [0.717, 1.165) is 49.5 Å². The highest BCUT2D eigenvalue weighted by atomic mass is 16.1. The summed E-state index contributed by atoms with van der Waals surface area (Å²) in [6, 6.07) is 14.0. The number of amides is 1. The number of nitrogens with one attached hydrogen (secondary N) is 1. The van der Waals surface area contributed by atoms with Gasteiger partial charge in [0.1, 0.15) is 5.82 Å². The van der Waals surface area contributed by atoms with Crippen LogP contribution in [0.3, 0.4) is 0 Å². The van der Waals surface area contributed by atoms with E-state index in [1.807, 2.05) is 42.6 Å². The predicted octanol–water partition coefficient (Wildman–Crippen LogP) is 2.64. The van der Waals surface area contributed by atoms with E-state index in [2.05, 4.69) is 40.1 Å². The largest absolute Gasteiger partial charge is 0.354 e. The smallest absolute Gasteiger partial charge is 0.227 e. The molecule has 1 aromatic carbocycles. The average molecular weight is 352 g/mol. The fourth-order valence-electron chi connectivity index (χ4n) is 3.43. The molecule has 0 aliphatic carbocycles. The maximum atomic E-state index is 12.7. The van der Waals surface area contributed by atoms with Gasteiger partial charge in [0, 0.05) is 44.5 Å². The van der Waals surface area contributed by atoms with Gasteiger partial charge in [-0.25, -0.2) is 4.98 Å². The van der Waals surface area contributed by atoms with E-state index in [4.69, 9.17) is 0 Å². The zero-order chi connectivity index (χ0) is 18.4. The number of nitrogens with zero attached hydrogens (tertiary/aromatic N) is 3. The van der Waals surface area contributed by atoms with Crippen molar-refractivity contribution in [1.82, 2.24) is 15.2 Å². The number of aromatic nitrogens is 1. The van der Waals surface area contributed by atoms with Crippen molar-refractivity contribution >= 4 is 11.7 Å². The van der Waals surface area contributed by atoms with Gasteiger partial charge in [-0.1, -0.05) is 43.3 Å². The van der Waals surface area contributed by atoms with E-state index in [1.165, 1.54) is 0 Å². The SMILES string of the molecule is CCC(C(=O)NCc1cccnc1N1CCN(C)CC1)c1ccccc1. The summed E-state index contributed by atoms with van der Waals surface area (Å²) in [5, 5.41) is 3.12. The van der Waals surface area contributed by atoms with Gasteiger partial charge in [0.25, 0.3) is 0 Å². The highest BCUT2D eigenvalue weighted by Crippen LogP contribution is 2.21. The molecule has 1 aliphatic rings. The van der Waals surface area contributed by atoms with Crippen LogP contribution in [0.4, 0.5) is 5.82 Å². The Morgan fingerprint density at radius 1 is 1.12 bits per heavy atom. The number of hydrogen-bond acceptors (Lipinski definition) is 4. The van der Waals surface area contributed by atoms with Gasteiger partial charge in [-0.15, -0.1) is 0 Å². The molecular formula is C21H28N4O. The third-order valence-corrected chi connectivity index (χ3v) is 5.05. The molecule has 1 aliphatic heterocycles. The van der Waals surface area contributed by atoms with Gasteiger partial charge < -0.3 is 15.1 Å². The van der Waals surface area contributed by atoms with Crippen LogP contribution >= 0.6 is 0 Å².